The molecule has 1 amide bonds. The summed E-state index contributed by atoms with van der Waals surface area (Å²) < 4.78 is 11.5. The average molecular weight is 349 g/mol. The summed E-state index contributed by atoms with van der Waals surface area (Å²) in [4.78, 5) is 16.6. The van der Waals surface area contributed by atoms with Crippen LogP contribution in [0.25, 0.3) is 0 Å². The van der Waals surface area contributed by atoms with E-state index in [1.54, 1.807) is 7.05 Å². The van der Waals surface area contributed by atoms with Crippen molar-refractivity contribution in [2.24, 2.45) is 0 Å². The molecule has 0 spiro atoms. The molecule has 92 valence electrons. The number of rotatable bonds is 3. The molecule has 17 heavy (non-hydrogen) atoms. The lowest BCUT2D eigenvalue weighted by Gasteiger charge is -2.14. The lowest BCUT2D eigenvalue weighted by atomic mass is 10.1. The molecule has 2 rings (SSSR count). The quantitative estimate of drug-likeness (QED) is 0.614. The van der Waals surface area contributed by atoms with Crippen molar-refractivity contribution in [3.05, 3.63) is 21.3 Å². The first-order valence-electron chi connectivity index (χ1n) is 5.00. The van der Waals surface area contributed by atoms with E-state index in [0.717, 1.165) is 14.9 Å². The number of amides is 1. The first-order chi connectivity index (χ1) is 8.11. The van der Waals surface area contributed by atoms with Gasteiger partial charge in [0.1, 0.15) is 0 Å². The van der Waals surface area contributed by atoms with Crippen LogP contribution in [0.3, 0.4) is 0 Å². The monoisotopic (exact) mass is 349 g/mol. The molecule has 0 N–H and O–H groups in total. The smallest absolute Gasteiger partial charge is 0.250 e. The standard InChI is InChI=1S/C11H12INO4/c1-13(15-2)11(14)4-7-3-9-10(5-8(7)12)17-6-16-9/h3,5H,4,6H2,1-2H3. The lowest BCUT2D eigenvalue weighted by molar-refractivity contribution is -0.167. The van der Waals surface area contributed by atoms with Gasteiger partial charge in [0.15, 0.2) is 11.5 Å². The van der Waals surface area contributed by atoms with Crippen molar-refractivity contribution in [1.29, 1.82) is 0 Å². The molecule has 1 aromatic carbocycles. The van der Waals surface area contributed by atoms with Crippen LogP contribution in [-0.4, -0.2) is 31.9 Å². The van der Waals surface area contributed by atoms with Crippen LogP contribution in [0.4, 0.5) is 0 Å². The van der Waals surface area contributed by atoms with E-state index in [4.69, 9.17) is 14.3 Å². The molecule has 1 heterocycles. The van der Waals surface area contributed by atoms with Gasteiger partial charge < -0.3 is 9.47 Å². The third kappa shape index (κ3) is 2.63. The highest BCUT2D eigenvalue weighted by atomic mass is 127. The van der Waals surface area contributed by atoms with Crippen LogP contribution >= 0.6 is 22.6 Å². The number of nitrogens with zero attached hydrogens (tertiary/aromatic N) is 1. The SMILES string of the molecule is CON(C)C(=O)Cc1cc2c(cc1I)OCO2. The number of halogens is 1. The van der Waals surface area contributed by atoms with Crippen LogP contribution in [0.15, 0.2) is 12.1 Å². The third-order valence-electron chi connectivity index (χ3n) is 2.51. The number of hydrogen-bond donors (Lipinski definition) is 0. The molecule has 1 aliphatic rings. The molecule has 0 unspecified atom stereocenters. The zero-order valence-electron chi connectivity index (χ0n) is 9.53. The van der Waals surface area contributed by atoms with E-state index in [1.807, 2.05) is 12.1 Å². The van der Waals surface area contributed by atoms with Crippen molar-refractivity contribution in [2.75, 3.05) is 21.0 Å². The Balaban J connectivity index is 2.19. The first kappa shape index (κ1) is 12.4. The van der Waals surface area contributed by atoms with E-state index >= 15 is 0 Å². The summed E-state index contributed by atoms with van der Waals surface area (Å²) in [7, 11) is 3.05. The van der Waals surface area contributed by atoms with Gasteiger partial charge in [0, 0.05) is 10.6 Å². The molecular formula is C11H12INO4. The average Bonchev–Trinajstić information content (AvgIpc) is 2.75. The maximum atomic E-state index is 11.7. The van der Waals surface area contributed by atoms with Gasteiger partial charge in [0.05, 0.1) is 13.5 Å². The van der Waals surface area contributed by atoms with Crippen molar-refractivity contribution in [3.63, 3.8) is 0 Å². The Kier molecular flexibility index (Phi) is 3.72. The Morgan fingerprint density at radius 2 is 2.12 bits per heavy atom. The second-order valence-electron chi connectivity index (χ2n) is 3.55. The number of benzene rings is 1. The summed E-state index contributed by atoms with van der Waals surface area (Å²) >= 11 is 2.18. The Labute approximate surface area is 113 Å². The second-order valence-corrected chi connectivity index (χ2v) is 4.71. The number of hydroxylamine groups is 2. The van der Waals surface area contributed by atoms with Gasteiger partial charge in [-0.2, -0.15) is 0 Å². The van der Waals surface area contributed by atoms with Crippen LogP contribution in [-0.2, 0) is 16.1 Å². The first-order valence-corrected chi connectivity index (χ1v) is 6.08. The van der Waals surface area contributed by atoms with Crippen LogP contribution in [0, 0.1) is 3.57 Å². The molecular weight excluding hydrogens is 337 g/mol. The van der Waals surface area contributed by atoms with Gasteiger partial charge >= 0.3 is 0 Å². The second kappa shape index (κ2) is 5.09. The number of ether oxygens (including phenoxy) is 2. The van der Waals surface area contributed by atoms with Crippen molar-refractivity contribution in [2.45, 2.75) is 6.42 Å². The molecule has 1 aliphatic heterocycles. The number of fused-ring (bicyclic) bond motifs is 1. The van der Waals surface area contributed by atoms with E-state index in [2.05, 4.69) is 22.6 Å². The Bertz CT molecular complexity index is 449. The molecule has 1 aromatic rings. The van der Waals surface area contributed by atoms with Gasteiger partial charge in [0.2, 0.25) is 12.7 Å². The fraction of sp³-hybridized carbons (Fsp3) is 0.364. The summed E-state index contributed by atoms with van der Waals surface area (Å²) in [5.74, 6) is 1.31. The van der Waals surface area contributed by atoms with Crippen LogP contribution in [0.1, 0.15) is 5.56 Å². The number of hydrogen-bond acceptors (Lipinski definition) is 4. The van der Waals surface area contributed by atoms with Crippen molar-refractivity contribution in [1.82, 2.24) is 5.06 Å². The maximum Gasteiger partial charge on any atom is 0.250 e. The van der Waals surface area contributed by atoms with E-state index in [9.17, 15) is 4.79 Å². The molecule has 0 atom stereocenters. The number of carbonyl (C=O) groups is 1. The van der Waals surface area contributed by atoms with Gasteiger partial charge in [-0.3, -0.25) is 9.63 Å². The summed E-state index contributed by atoms with van der Waals surface area (Å²) in [5.41, 5.74) is 0.906. The van der Waals surface area contributed by atoms with Gasteiger partial charge in [0.25, 0.3) is 0 Å². The topological polar surface area (TPSA) is 48.0 Å². The fourth-order valence-electron chi connectivity index (χ4n) is 1.47. The van der Waals surface area contributed by atoms with Gasteiger partial charge in [-0.05, 0) is 40.3 Å². The summed E-state index contributed by atoms with van der Waals surface area (Å²) in [6.07, 6.45) is 0.277. The summed E-state index contributed by atoms with van der Waals surface area (Å²) in [5, 5.41) is 1.21. The third-order valence-corrected chi connectivity index (χ3v) is 3.51. The van der Waals surface area contributed by atoms with E-state index < -0.39 is 0 Å². The molecule has 0 fully saturated rings. The minimum atomic E-state index is -0.107. The van der Waals surface area contributed by atoms with Gasteiger partial charge in [-0.25, -0.2) is 5.06 Å². The molecule has 6 heteroatoms. The van der Waals surface area contributed by atoms with E-state index in [1.165, 1.54) is 12.2 Å². The Morgan fingerprint density at radius 3 is 2.76 bits per heavy atom. The zero-order valence-corrected chi connectivity index (χ0v) is 11.7. The van der Waals surface area contributed by atoms with Gasteiger partial charge in [-0.15, -0.1) is 0 Å². The molecule has 0 aliphatic carbocycles. The largest absolute Gasteiger partial charge is 0.454 e. The minimum absolute atomic E-state index is 0.107. The fourth-order valence-corrected chi connectivity index (χ4v) is 2.10. The summed E-state index contributed by atoms with van der Waals surface area (Å²) in [6.45, 7) is 0.237. The molecule has 5 nitrogen and oxygen atoms in total. The molecule has 0 bridgehead atoms. The minimum Gasteiger partial charge on any atom is -0.454 e. The van der Waals surface area contributed by atoms with E-state index in [-0.39, 0.29) is 19.1 Å². The number of likely N-dealkylation sites (N-methyl/N-ethyl adjacent to an activating group) is 1. The Hall–Kier alpha value is -1.02. The normalized spacial score (nSPS) is 12.6. The van der Waals surface area contributed by atoms with Crippen LogP contribution < -0.4 is 9.47 Å². The Morgan fingerprint density at radius 1 is 1.47 bits per heavy atom. The van der Waals surface area contributed by atoms with Crippen LogP contribution in [0.2, 0.25) is 0 Å². The number of carbonyl (C=O) groups excluding carboxylic acids is 1. The van der Waals surface area contributed by atoms with Crippen LogP contribution in [0.5, 0.6) is 11.5 Å². The maximum absolute atomic E-state index is 11.7. The highest BCUT2D eigenvalue weighted by molar-refractivity contribution is 14.1. The van der Waals surface area contributed by atoms with Crippen molar-refractivity contribution < 1.29 is 19.1 Å². The van der Waals surface area contributed by atoms with Crippen molar-refractivity contribution in [3.8, 4) is 11.5 Å². The lowest BCUT2D eigenvalue weighted by Crippen LogP contribution is -2.27. The van der Waals surface area contributed by atoms with Crippen molar-refractivity contribution >= 4 is 28.5 Å². The predicted molar refractivity (Wildman–Crippen MR) is 68.8 cm³/mol. The van der Waals surface area contributed by atoms with Gasteiger partial charge in [-0.1, -0.05) is 0 Å². The van der Waals surface area contributed by atoms with E-state index in [0.29, 0.717) is 5.75 Å². The molecule has 0 saturated heterocycles. The zero-order chi connectivity index (χ0) is 12.4. The predicted octanol–water partition coefficient (Wildman–Crippen LogP) is 1.58. The highest BCUT2D eigenvalue weighted by Crippen LogP contribution is 2.35. The summed E-state index contributed by atoms with van der Waals surface area (Å²) in [6, 6.07) is 3.71. The molecule has 0 radical (unpaired) electrons. The molecule has 0 saturated carbocycles. The highest BCUT2D eigenvalue weighted by Gasteiger charge is 2.18. The molecule has 0 aromatic heterocycles.